The molecule has 0 aromatic rings. The standard InChI is InChI=1S/C11H16F3N3O4/c1-10(8(19)20,11(12,13)14)16-9(21)17-5-3-4-6(17)7(18)15-2/h6H,3-5H2,1-2H3,(H,15,18)(H,16,21)(H,19,20). The highest BCUT2D eigenvalue weighted by molar-refractivity contribution is 5.90. The molecule has 0 spiro atoms. The first kappa shape index (κ1) is 17.1. The number of halogens is 3. The van der Waals surface area contributed by atoms with Gasteiger partial charge in [0.2, 0.25) is 11.4 Å². The Hall–Kier alpha value is -2.00. The molecular formula is C11H16F3N3O4. The number of carbonyl (C=O) groups excluding carboxylic acids is 2. The third-order valence-electron chi connectivity index (χ3n) is 3.41. The van der Waals surface area contributed by atoms with Crippen LogP contribution in [0.1, 0.15) is 19.8 Å². The number of aliphatic carboxylic acids is 1. The second kappa shape index (κ2) is 5.78. The van der Waals surface area contributed by atoms with Crippen molar-refractivity contribution >= 4 is 17.9 Å². The van der Waals surface area contributed by atoms with E-state index in [0.717, 1.165) is 4.90 Å². The quantitative estimate of drug-likeness (QED) is 0.698. The lowest BCUT2D eigenvalue weighted by Crippen LogP contribution is -2.65. The van der Waals surface area contributed by atoms with Crippen LogP contribution >= 0.6 is 0 Å². The van der Waals surface area contributed by atoms with E-state index in [1.807, 2.05) is 0 Å². The van der Waals surface area contributed by atoms with Gasteiger partial charge < -0.3 is 20.6 Å². The van der Waals surface area contributed by atoms with Crippen molar-refractivity contribution in [1.29, 1.82) is 0 Å². The molecule has 0 aromatic carbocycles. The molecule has 1 rings (SSSR count). The highest BCUT2D eigenvalue weighted by atomic mass is 19.4. The van der Waals surface area contributed by atoms with E-state index in [-0.39, 0.29) is 6.54 Å². The number of likely N-dealkylation sites (tertiary alicyclic amines) is 1. The van der Waals surface area contributed by atoms with Gasteiger partial charge in [0.15, 0.2) is 0 Å². The minimum atomic E-state index is -5.17. The number of carboxylic acid groups (broad SMARTS) is 1. The van der Waals surface area contributed by atoms with Gasteiger partial charge in [-0.05, 0) is 19.8 Å². The van der Waals surface area contributed by atoms with Gasteiger partial charge in [0.05, 0.1) is 0 Å². The first-order valence-electron chi connectivity index (χ1n) is 6.15. The molecule has 1 fully saturated rings. The molecule has 7 nitrogen and oxygen atoms in total. The first-order chi connectivity index (χ1) is 9.54. The summed E-state index contributed by atoms with van der Waals surface area (Å²) in [6, 6.07) is -2.13. The number of nitrogens with one attached hydrogen (secondary N) is 2. The molecule has 1 saturated heterocycles. The first-order valence-corrected chi connectivity index (χ1v) is 6.15. The molecule has 0 saturated carbocycles. The van der Waals surface area contributed by atoms with Crippen LogP contribution in [-0.4, -0.2) is 59.3 Å². The zero-order valence-corrected chi connectivity index (χ0v) is 11.5. The summed E-state index contributed by atoms with van der Waals surface area (Å²) in [5, 5.41) is 12.5. The molecular weight excluding hydrogens is 295 g/mol. The lowest BCUT2D eigenvalue weighted by Gasteiger charge is -2.32. The minimum Gasteiger partial charge on any atom is -0.479 e. The minimum absolute atomic E-state index is 0.0808. The van der Waals surface area contributed by atoms with Crippen molar-refractivity contribution in [1.82, 2.24) is 15.5 Å². The number of rotatable bonds is 3. The Kier molecular flexibility index (Phi) is 4.69. The zero-order valence-electron chi connectivity index (χ0n) is 11.5. The van der Waals surface area contributed by atoms with Crippen LogP contribution in [0, 0.1) is 0 Å². The molecule has 0 aliphatic carbocycles. The summed E-state index contributed by atoms with van der Waals surface area (Å²) < 4.78 is 38.5. The van der Waals surface area contributed by atoms with Crippen LogP contribution < -0.4 is 10.6 Å². The Morgan fingerprint density at radius 1 is 1.29 bits per heavy atom. The number of carboxylic acids is 1. The largest absolute Gasteiger partial charge is 0.479 e. The summed E-state index contributed by atoms with van der Waals surface area (Å²) >= 11 is 0. The SMILES string of the molecule is CNC(=O)C1CCCN1C(=O)NC(C)(C(=O)O)C(F)(F)F. The Morgan fingerprint density at radius 3 is 2.29 bits per heavy atom. The van der Waals surface area contributed by atoms with E-state index in [1.54, 1.807) is 0 Å². The van der Waals surface area contributed by atoms with E-state index in [4.69, 9.17) is 5.11 Å². The second-order valence-corrected chi connectivity index (χ2v) is 4.82. The highest BCUT2D eigenvalue weighted by Crippen LogP contribution is 2.31. The topological polar surface area (TPSA) is 98.7 Å². The summed E-state index contributed by atoms with van der Waals surface area (Å²) in [5.41, 5.74) is -3.42. The molecule has 1 aliphatic heterocycles. The van der Waals surface area contributed by atoms with E-state index in [9.17, 15) is 27.6 Å². The van der Waals surface area contributed by atoms with Crippen molar-refractivity contribution in [2.75, 3.05) is 13.6 Å². The molecule has 10 heteroatoms. The van der Waals surface area contributed by atoms with Crippen LogP contribution in [0.2, 0.25) is 0 Å². The predicted octanol–water partition coefficient (Wildman–Crippen LogP) is 0.312. The lowest BCUT2D eigenvalue weighted by molar-refractivity contribution is -0.203. The Labute approximate surface area is 118 Å². The van der Waals surface area contributed by atoms with Gasteiger partial charge in [0, 0.05) is 13.6 Å². The smallest absolute Gasteiger partial charge is 0.422 e. The summed E-state index contributed by atoms with van der Waals surface area (Å²) in [4.78, 5) is 35.2. The lowest BCUT2D eigenvalue weighted by atomic mass is 10.0. The van der Waals surface area contributed by atoms with Crippen LogP contribution in [0.4, 0.5) is 18.0 Å². The molecule has 3 amide bonds. The van der Waals surface area contributed by atoms with Gasteiger partial charge in [-0.2, -0.15) is 13.2 Å². The summed E-state index contributed by atoms with van der Waals surface area (Å²) in [6.07, 6.45) is -4.42. The van der Waals surface area contributed by atoms with E-state index in [0.29, 0.717) is 19.8 Å². The average Bonchev–Trinajstić information content (AvgIpc) is 2.85. The van der Waals surface area contributed by atoms with Crippen molar-refractivity contribution < 1.29 is 32.7 Å². The van der Waals surface area contributed by atoms with E-state index < -0.39 is 35.7 Å². The van der Waals surface area contributed by atoms with E-state index in [1.165, 1.54) is 12.4 Å². The van der Waals surface area contributed by atoms with Gasteiger partial charge in [-0.1, -0.05) is 0 Å². The van der Waals surface area contributed by atoms with E-state index in [2.05, 4.69) is 5.32 Å². The van der Waals surface area contributed by atoms with Crippen LogP contribution in [0.5, 0.6) is 0 Å². The van der Waals surface area contributed by atoms with Crippen molar-refractivity contribution in [3.63, 3.8) is 0 Å². The highest BCUT2D eigenvalue weighted by Gasteiger charge is 2.59. The maximum absolute atomic E-state index is 12.8. The van der Waals surface area contributed by atoms with Gasteiger partial charge in [-0.3, -0.25) is 4.79 Å². The molecule has 1 heterocycles. The molecule has 1 aliphatic rings. The number of hydrogen-bond acceptors (Lipinski definition) is 3. The number of carbonyl (C=O) groups is 3. The Morgan fingerprint density at radius 2 is 1.86 bits per heavy atom. The van der Waals surface area contributed by atoms with Gasteiger partial charge >= 0.3 is 18.2 Å². The maximum Gasteiger partial charge on any atom is 0.422 e. The molecule has 2 atom stereocenters. The number of hydrogen-bond donors (Lipinski definition) is 3. The fourth-order valence-corrected chi connectivity index (χ4v) is 1.98. The van der Waals surface area contributed by atoms with Gasteiger partial charge in [0.25, 0.3) is 0 Å². The number of nitrogens with zero attached hydrogens (tertiary/aromatic N) is 1. The fourth-order valence-electron chi connectivity index (χ4n) is 1.98. The third kappa shape index (κ3) is 3.19. The Bertz CT molecular complexity index is 454. The average molecular weight is 311 g/mol. The van der Waals surface area contributed by atoms with Crippen LogP contribution in [-0.2, 0) is 9.59 Å². The summed E-state index contributed by atoms with van der Waals surface area (Å²) in [6.45, 7) is 0.440. The van der Waals surface area contributed by atoms with Crippen LogP contribution in [0.25, 0.3) is 0 Å². The van der Waals surface area contributed by atoms with Gasteiger partial charge in [-0.25, -0.2) is 9.59 Å². The fraction of sp³-hybridized carbons (Fsp3) is 0.727. The normalized spacial score (nSPS) is 21.6. The zero-order chi connectivity index (χ0) is 16.4. The summed E-state index contributed by atoms with van der Waals surface area (Å²) in [7, 11) is 1.34. The van der Waals surface area contributed by atoms with Crippen LogP contribution in [0.3, 0.4) is 0 Å². The monoisotopic (exact) mass is 311 g/mol. The number of alkyl halides is 3. The molecule has 21 heavy (non-hydrogen) atoms. The molecule has 0 radical (unpaired) electrons. The number of amides is 3. The van der Waals surface area contributed by atoms with Crippen molar-refractivity contribution in [2.24, 2.45) is 0 Å². The van der Waals surface area contributed by atoms with Gasteiger partial charge in [-0.15, -0.1) is 0 Å². The Balaban J connectivity index is 2.93. The predicted molar refractivity (Wildman–Crippen MR) is 64.4 cm³/mol. The van der Waals surface area contributed by atoms with Gasteiger partial charge in [0.1, 0.15) is 6.04 Å². The van der Waals surface area contributed by atoms with Crippen molar-refractivity contribution in [3.8, 4) is 0 Å². The molecule has 120 valence electrons. The molecule has 2 unspecified atom stereocenters. The van der Waals surface area contributed by atoms with Crippen LogP contribution in [0.15, 0.2) is 0 Å². The molecule has 3 N–H and O–H groups in total. The third-order valence-corrected chi connectivity index (χ3v) is 3.41. The number of likely N-dealkylation sites (N-methyl/N-ethyl adjacent to an activating group) is 1. The molecule has 0 aromatic heterocycles. The number of urea groups is 1. The second-order valence-electron chi connectivity index (χ2n) is 4.82. The summed E-state index contributed by atoms with van der Waals surface area (Å²) in [5.74, 6) is -2.73. The molecule has 0 bridgehead atoms. The van der Waals surface area contributed by atoms with Crippen molar-refractivity contribution in [3.05, 3.63) is 0 Å². The van der Waals surface area contributed by atoms with E-state index >= 15 is 0 Å². The maximum atomic E-state index is 12.8. The van der Waals surface area contributed by atoms with Crippen molar-refractivity contribution in [2.45, 2.75) is 37.5 Å².